The van der Waals surface area contributed by atoms with Gasteiger partial charge >= 0.3 is 5.97 Å². The highest BCUT2D eigenvalue weighted by atomic mass is 16.5. The van der Waals surface area contributed by atoms with Crippen molar-refractivity contribution in [1.82, 2.24) is 5.32 Å². The number of carbonyl (C=O) groups excluding carboxylic acids is 1. The Hall–Kier alpha value is -0.610. The third-order valence-corrected chi connectivity index (χ3v) is 3.87. The molecule has 1 unspecified atom stereocenters. The van der Waals surface area contributed by atoms with Gasteiger partial charge in [0, 0.05) is 20.3 Å². The van der Waals surface area contributed by atoms with E-state index in [0.717, 1.165) is 26.0 Å². The van der Waals surface area contributed by atoms with Crippen molar-refractivity contribution in [2.75, 3.05) is 27.4 Å². The maximum absolute atomic E-state index is 11.5. The van der Waals surface area contributed by atoms with Crippen LogP contribution in [0.25, 0.3) is 0 Å². The Morgan fingerprint density at radius 2 is 2.12 bits per heavy atom. The SMILES string of the molecule is CCC(NCC1(CCOC)CCC1)C(=O)OC. The molecule has 0 heterocycles. The predicted octanol–water partition coefficient (Wildman–Crippen LogP) is 1.73. The summed E-state index contributed by atoms with van der Waals surface area (Å²) in [5.41, 5.74) is 0.345. The molecule has 1 saturated carbocycles. The average molecular weight is 243 g/mol. The molecular formula is C13H25NO3. The molecule has 1 aliphatic carbocycles. The number of nitrogens with one attached hydrogen (secondary N) is 1. The van der Waals surface area contributed by atoms with E-state index in [-0.39, 0.29) is 12.0 Å². The number of hydrogen-bond donors (Lipinski definition) is 1. The first-order valence-corrected chi connectivity index (χ1v) is 6.47. The second-order valence-corrected chi connectivity index (χ2v) is 4.96. The van der Waals surface area contributed by atoms with E-state index < -0.39 is 0 Å². The molecule has 1 rings (SSSR count). The van der Waals surface area contributed by atoms with Gasteiger partial charge in [0.05, 0.1) is 7.11 Å². The smallest absolute Gasteiger partial charge is 0.322 e. The van der Waals surface area contributed by atoms with Gasteiger partial charge < -0.3 is 14.8 Å². The largest absolute Gasteiger partial charge is 0.468 e. The first kappa shape index (κ1) is 14.5. The molecule has 0 spiro atoms. The van der Waals surface area contributed by atoms with Crippen LogP contribution < -0.4 is 5.32 Å². The fourth-order valence-corrected chi connectivity index (χ4v) is 2.39. The summed E-state index contributed by atoms with van der Waals surface area (Å²) >= 11 is 0. The zero-order chi connectivity index (χ0) is 12.7. The molecule has 0 aromatic carbocycles. The van der Waals surface area contributed by atoms with Crippen LogP contribution in [0, 0.1) is 5.41 Å². The average Bonchev–Trinajstić information content (AvgIpc) is 2.31. The molecule has 1 N–H and O–H groups in total. The van der Waals surface area contributed by atoms with Gasteiger partial charge in [-0.15, -0.1) is 0 Å². The molecule has 0 amide bonds. The van der Waals surface area contributed by atoms with Gasteiger partial charge in [-0.25, -0.2) is 0 Å². The third kappa shape index (κ3) is 3.96. The minimum atomic E-state index is -0.167. The molecule has 0 saturated heterocycles. The highest BCUT2D eigenvalue weighted by Crippen LogP contribution is 2.43. The Bertz CT molecular complexity index is 239. The second-order valence-electron chi connectivity index (χ2n) is 4.96. The van der Waals surface area contributed by atoms with E-state index in [4.69, 9.17) is 9.47 Å². The molecule has 0 aliphatic heterocycles. The summed E-state index contributed by atoms with van der Waals surface area (Å²) in [5.74, 6) is -0.159. The van der Waals surface area contributed by atoms with Crippen molar-refractivity contribution in [3.05, 3.63) is 0 Å². The minimum absolute atomic E-state index is 0.159. The van der Waals surface area contributed by atoms with Crippen LogP contribution in [0.1, 0.15) is 39.0 Å². The summed E-state index contributed by atoms with van der Waals surface area (Å²) in [6.45, 7) is 3.69. The predicted molar refractivity (Wildman–Crippen MR) is 66.9 cm³/mol. The Balaban J connectivity index is 2.38. The van der Waals surface area contributed by atoms with E-state index in [0.29, 0.717) is 5.41 Å². The Kier molecular flexibility index (Phi) is 5.92. The van der Waals surface area contributed by atoms with Crippen LogP contribution in [-0.4, -0.2) is 39.4 Å². The fourth-order valence-electron chi connectivity index (χ4n) is 2.39. The van der Waals surface area contributed by atoms with Gasteiger partial charge in [-0.2, -0.15) is 0 Å². The Morgan fingerprint density at radius 1 is 1.41 bits per heavy atom. The molecule has 0 aromatic rings. The van der Waals surface area contributed by atoms with E-state index in [1.165, 1.54) is 26.4 Å². The number of rotatable bonds is 8. The number of esters is 1. The van der Waals surface area contributed by atoms with Gasteiger partial charge in [0.25, 0.3) is 0 Å². The van der Waals surface area contributed by atoms with Crippen LogP contribution in [0.5, 0.6) is 0 Å². The van der Waals surface area contributed by atoms with Gasteiger partial charge in [-0.05, 0) is 31.1 Å². The first-order valence-electron chi connectivity index (χ1n) is 6.47. The van der Waals surface area contributed by atoms with Crippen LogP contribution in [0.15, 0.2) is 0 Å². The quantitative estimate of drug-likeness (QED) is 0.660. The van der Waals surface area contributed by atoms with Crippen molar-refractivity contribution >= 4 is 5.97 Å². The molecule has 17 heavy (non-hydrogen) atoms. The van der Waals surface area contributed by atoms with Crippen molar-refractivity contribution in [1.29, 1.82) is 0 Å². The minimum Gasteiger partial charge on any atom is -0.468 e. The number of hydrogen-bond acceptors (Lipinski definition) is 4. The monoisotopic (exact) mass is 243 g/mol. The van der Waals surface area contributed by atoms with Gasteiger partial charge in [0.1, 0.15) is 6.04 Å². The van der Waals surface area contributed by atoms with Gasteiger partial charge in [0.15, 0.2) is 0 Å². The first-order chi connectivity index (χ1) is 8.17. The van der Waals surface area contributed by atoms with Crippen molar-refractivity contribution in [3.8, 4) is 0 Å². The van der Waals surface area contributed by atoms with Crippen LogP contribution in [0.3, 0.4) is 0 Å². The summed E-state index contributed by atoms with van der Waals surface area (Å²) in [6, 6.07) is -0.167. The summed E-state index contributed by atoms with van der Waals surface area (Å²) in [5, 5.41) is 3.34. The van der Waals surface area contributed by atoms with Crippen LogP contribution in [0.4, 0.5) is 0 Å². The fraction of sp³-hybridized carbons (Fsp3) is 0.923. The maximum Gasteiger partial charge on any atom is 0.322 e. The summed E-state index contributed by atoms with van der Waals surface area (Å²) in [7, 11) is 3.18. The second kappa shape index (κ2) is 6.97. The highest BCUT2D eigenvalue weighted by Gasteiger charge is 2.37. The molecule has 1 fully saturated rings. The molecule has 0 aromatic heterocycles. The van der Waals surface area contributed by atoms with E-state index in [9.17, 15) is 4.79 Å². The van der Waals surface area contributed by atoms with Crippen molar-refractivity contribution < 1.29 is 14.3 Å². The van der Waals surface area contributed by atoms with E-state index in [1.807, 2.05) is 6.92 Å². The molecule has 0 bridgehead atoms. The third-order valence-electron chi connectivity index (χ3n) is 3.87. The maximum atomic E-state index is 11.5. The van der Waals surface area contributed by atoms with Crippen LogP contribution in [-0.2, 0) is 14.3 Å². The summed E-state index contributed by atoms with van der Waals surface area (Å²) in [4.78, 5) is 11.5. The number of carbonyl (C=O) groups is 1. The Morgan fingerprint density at radius 3 is 2.53 bits per heavy atom. The molecular weight excluding hydrogens is 218 g/mol. The summed E-state index contributed by atoms with van der Waals surface area (Å²) < 4.78 is 9.93. The molecule has 0 radical (unpaired) electrons. The van der Waals surface area contributed by atoms with E-state index in [2.05, 4.69) is 5.32 Å². The van der Waals surface area contributed by atoms with Gasteiger partial charge in [-0.1, -0.05) is 13.3 Å². The standard InChI is InChI=1S/C13H25NO3/c1-4-11(12(15)17-3)14-10-13(6-5-7-13)8-9-16-2/h11,14H,4-10H2,1-3H3. The van der Waals surface area contributed by atoms with Crippen molar-refractivity contribution in [2.24, 2.45) is 5.41 Å². The highest BCUT2D eigenvalue weighted by molar-refractivity contribution is 5.75. The summed E-state index contributed by atoms with van der Waals surface area (Å²) in [6.07, 6.45) is 5.61. The Labute approximate surface area is 104 Å². The normalized spacial score (nSPS) is 19.5. The molecule has 1 aliphatic rings. The lowest BCUT2D eigenvalue weighted by Crippen LogP contribution is -2.47. The van der Waals surface area contributed by atoms with Crippen molar-refractivity contribution in [3.63, 3.8) is 0 Å². The number of ether oxygens (including phenoxy) is 2. The van der Waals surface area contributed by atoms with Crippen LogP contribution >= 0.6 is 0 Å². The zero-order valence-corrected chi connectivity index (χ0v) is 11.3. The molecule has 100 valence electrons. The topological polar surface area (TPSA) is 47.6 Å². The number of methoxy groups -OCH3 is 2. The molecule has 1 atom stereocenters. The van der Waals surface area contributed by atoms with E-state index in [1.54, 1.807) is 7.11 Å². The molecule has 4 heteroatoms. The lowest BCUT2D eigenvalue weighted by Gasteiger charge is -2.42. The molecule has 4 nitrogen and oxygen atoms in total. The van der Waals surface area contributed by atoms with Crippen LogP contribution in [0.2, 0.25) is 0 Å². The lowest BCUT2D eigenvalue weighted by molar-refractivity contribution is -0.143. The lowest BCUT2D eigenvalue weighted by atomic mass is 9.66. The zero-order valence-electron chi connectivity index (χ0n) is 11.3. The van der Waals surface area contributed by atoms with Crippen molar-refractivity contribution in [2.45, 2.75) is 45.1 Å². The van der Waals surface area contributed by atoms with Gasteiger partial charge in [-0.3, -0.25) is 4.79 Å². The van der Waals surface area contributed by atoms with E-state index >= 15 is 0 Å². The van der Waals surface area contributed by atoms with Gasteiger partial charge in [0.2, 0.25) is 0 Å².